The number of hydrogen-bond acceptors (Lipinski definition) is 3. The van der Waals surface area contributed by atoms with Gasteiger partial charge in [-0.3, -0.25) is 0 Å². The number of anilines is 1. The number of guanidine groups is 1. The number of aliphatic imine (C=N–C) groups is 1. The fraction of sp³-hybridized carbons (Fsp3) is 0.391. The molecule has 7 heteroatoms. The highest BCUT2D eigenvalue weighted by molar-refractivity contribution is 5.83. The molecule has 0 unspecified atom stereocenters. The van der Waals surface area contributed by atoms with E-state index in [4.69, 9.17) is 0 Å². The van der Waals surface area contributed by atoms with Gasteiger partial charge in [-0.15, -0.1) is 0 Å². The predicted molar refractivity (Wildman–Crippen MR) is 120 cm³/mol. The zero-order valence-electron chi connectivity index (χ0n) is 17.4. The molecule has 1 aliphatic heterocycles. The molecular formula is C23H29FN6. The Hall–Kier alpha value is -3.09. The van der Waals surface area contributed by atoms with Gasteiger partial charge in [0.2, 0.25) is 0 Å². The third-order valence-electron chi connectivity index (χ3n) is 5.42. The predicted octanol–water partition coefficient (Wildman–Crippen LogP) is 3.60. The summed E-state index contributed by atoms with van der Waals surface area (Å²) >= 11 is 0. The number of aromatic amines is 1. The molecule has 0 atom stereocenters. The lowest BCUT2D eigenvalue weighted by atomic mass is 10.1. The van der Waals surface area contributed by atoms with E-state index in [-0.39, 0.29) is 5.82 Å². The molecule has 0 amide bonds. The Kier molecular flexibility index (Phi) is 6.47. The van der Waals surface area contributed by atoms with Gasteiger partial charge in [-0.05, 0) is 61.6 Å². The summed E-state index contributed by atoms with van der Waals surface area (Å²) in [6.45, 7) is 6.31. The normalized spacial score (nSPS) is 14.5. The molecule has 0 saturated carbocycles. The van der Waals surface area contributed by atoms with E-state index in [2.05, 4.69) is 42.6 Å². The maximum Gasteiger partial charge on any atom is 0.191 e. The minimum Gasteiger partial charge on any atom is -0.361 e. The van der Waals surface area contributed by atoms with Crippen LogP contribution in [0.15, 0.2) is 47.7 Å². The molecule has 1 aliphatic rings. The minimum atomic E-state index is -0.212. The molecule has 3 heterocycles. The molecule has 2 aromatic heterocycles. The Balaban J connectivity index is 1.33. The summed E-state index contributed by atoms with van der Waals surface area (Å²) in [6.07, 6.45) is 7.14. The van der Waals surface area contributed by atoms with Gasteiger partial charge in [0.1, 0.15) is 11.6 Å². The van der Waals surface area contributed by atoms with Crippen molar-refractivity contribution >= 4 is 22.7 Å². The fourth-order valence-corrected chi connectivity index (χ4v) is 3.83. The summed E-state index contributed by atoms with van der Waals surface area (Å²) in [6, 6.07) is 9.03. The maximum atomic E-state index is 13.6. The number of nitrogens with zero attached hydrogens (tertiary/aromatic N) is 3. The Morgan fingerprint density at radius 2 is 2.07 bits per heavy atom. The van der Waals surface area contributed by atoms with E-state index in [1.807, 2.05) is 19.3 Å². The second kappa shape index (κ2) is 9.61. The van der Waals surface area contributed by atoms with Crippen LogP contribution in [-0.4, -0.2) is 42.1 Å². The highest BCUT2D eigenvalue weighted by atomic mass is 19.1. The molecule has 0 bridgehead atoms. The number of hydrogen-bond donors (Lipinski definition) is 3. The Morgan fingerprint density at radius 3 is 2.83 bits per heavy atom. The smallest absolute Gasteiger partial charge is 0.191 e. The first-order valence-corrected chi connectivity index (χ1v) is 10.7. The van der Waals surface area contributed by atoms with E-state index >= 15 is 0 Å². The Morgan fingerprint density at radius 1 is 1.20 bits per heavy atom. The monoisotopic (exact) mass is 408 g/mol. The van der Waals surface area contributed by atoms with Crippen LogP contribution >= 0.6 is 0 Å². The molecule has 1 saturated heterocycles. The van der Waals surface area contributed by atoms with Gasteiger partial charge in [-0.25, -0.2) is 14.4 Å². The summed E-state index contributed by atoms with van der Waals surface area (Å²) in [5, 5.41) is 7.58. The van der Waals surface area contributed by atoms with Crippen molar-refractivity contribution in [3.63, 3.8) is 0 Å². The van der Waals surface area contributed by atoms with Gasteiger partial charge in [0, 0.05) is 49.5 Å². The van der Waals surface area contributed by atoms with Crippen molar-refractivity contribution in [1.82, 2.24) is 20.6 Å². The average Bonchev–Trinajstić information content (AvgIpc) is 3.43. The van der Waals surface area contributed by atoms with Gasteiger partial charge in [0.15, 0.2) is 5.96 Å². The molecular weight excluding hydrogens is 379 g/mol. The van der Waals surface area contributed by atoms with Crippen LogP contribution in [0.5, 0.6) is 0 Å². The quantitative estimate of drug-likeness (QED) is 0.413. The molecule has 0 radical (unpaired) electrons. The Labute approximate surface area is 176 Å². The van der Waals surface area contributed by atoms with Crippen LogP contribution in [0.2, 0.25) is 0 Å². The summed E-state index contributed by atoms with van der Waals surface area (Å²) in [5.41, 5.74) is 3.13. The minimum absolute atomic E-state index is 0.212. The van der Waals surface area contributed by atoms with E-state index in [1.165, 1.54) is 18.9 Å². The maximum absolute atomic E-state index is 13.6. The number of halogens is 1. The van der Waals surface area contributed by atoms with Crippen LogP contribution < -0.4 is 15.5 Å². The van der Waals surface area contributed by atoms with Gasteiger partial charge in [0.25, 0.3) is 0 Å². The molecule has 158 valence electrons. The number of aromatic nitrogens is 2. The number of pyridine rings is 1. The third kappa shape index (κ3) is 4.90. The van der Waals surface area contributed by atoms with Crippen molar-refractivity contribution in [3.8, 4) is 0 Å². The lowest BCUT2D eigenvalue weighted by Gasteiger charge is -2.16. The third-order valence-corrected chi connectivity index (χ3v) is 5.42. The van der Waals surface area contributed by atoms with E-state index in [1.54, 1.807) is 12.1 Å². The molecule has 0 spiro atoms. The number of fused-ring (bicyclic) bond motifs is 1. The van der Waals surface area contributed by atoms with Gasteiger partial charge in [-0.2, -0.15) is 0 Å². The average molecular weight is 409 g/mol. The summed E-state index contributed by atoms with van der Waals surface area (Å²) in [5.74, 6) is 1.61. The topological polar surface area (TPSA) is 68.3 Å². The molecule has 30 heavy (non-hydrogen) atoms. The second-order valence-corrected chi connectivity index (χ2v) is 7.59. The first kappa shape index (κ1) is 20.2. The van der Waals surface area contributed by atoms with Crippen molar-refractivity contribution in [2.75, 3.05) is 31.1 Å². The molecule has 3 aromatic rings. The zero-order valence-corrected chi connectivity index (χ0v) is 17.4. The van der Waals surface area contributed by atoms with Crippen molar-refractivity contribution in [3.05, 3.63) is 59.7 Å². The van der Waals surface area contributed by atoms with Crippen LogP contribution in [0.3, 0.4) is 0 Å². The van der Waals surface area contributed by atoms with Gasteiger partial charge in [-0.1, -0.05) is 6.07 Å². The number of benzene rings is 1. The number of H-pyrrole nitrogens is 1. The lowest BCUT2D eigenvalue weighted by Crippen LogP contribution is -2.38. The number of rotatable bonds is 7. The van der Waals surface area contributed by atoms with Crippen LogP contribution in [-0.2, 0) is 13.0 Å². The first-order chi connectivity index (χ1) is 14.7. The largest absolute Gasteiger partial charge is 0.361 e. The van der Waals surface area contributed by atoms with E-state index in [0.717, 1.165) is 59.9 Å². The molecule has 1 aromatic carbocycles. The zero-order chi connectivity index (χ0) is 20.8. The molecule has 1 fully saturated rings. The van der Waals surface area contributed by atoms with Gasteiger partial charge in [0.05, 0.1) is 6.54 Å². The van der Waals surface area contributed by atoms with Crippen molar-refractivity contribution in [2.45, 2.75) is 32.7 Å². The molecule has 3 N–H and O–H groups in total. The molecule has 4 rings (SSSR count). The number of nitrogens with one attached hydrogen (secondary N) is 3. The van der Waals surface area contributed by atoms with E-state index in [0.29, 0.717) is 13.1 Å². The van der Waals surface area contributed by atoms with Crippen molar-refractivity contribution in [1.29, 1.82) is 0 Å². The first-order valence-electron chi connectivity index (χ1n) is 10.7. The van der Waals surface area contributed by atoms with Gasteiger partial charge < -0.3 is 20.5 Å². The van der Waals surface area contributed by atoms with E-state index < -0.39 is 0 Å². The second-order valence-electron chi connectivity index (χ2n) is 7.59. The van der Waals surface area contributed by atoms with Crippen molar-refractivity contribution in [2.24, 2.45) is 4.99 Å². The summed E-state index contributed by atoms with van der Waals surface area (Å²) in [7, 11) is 0. The van der Waals surface area contributed by atoms with Crippen LogP contribution in [0.1, 0.15) is 30.9 Å². The SMILES string of the molecule is CCNC(=NCc1ccc(N2CCCC2)nc1)NCCc1c[nH]c2ccc(F)cc12. The summed E-state index contributed by atoms with van der Waals surface area (Å²) in [4.78, 5) is 14.8. The summed E-state index contributed by atoms with van der Waals surface area (Å²) < 4.78 is 13.6. The van der Waals surface area contributed by atoms with Gasteiger partial charge >= 0.3 is 0 Å². The van der Waals surface area contributed by atoms with E-state index in [9.17, 15) is 4.39 Å². The lowest BCUT2D eigenvalue weighted by molar-refractivity contribution is 0.629. The highest BCUT2D eigenvalue weighted by Crippen LogP contribution is 2.20. The van der Waals surface area contributed by atoms with Crippen molar-refractivity contribution < 1.29 is 4.39 Å². The highest BCUT2D eigenvalue weighted by Gasteiger charge is 2.13. The van der Waals surface area contributed by atoms with Crippen LogP contribution in [0.25, 0.3) is 10.9 Å². The van der Waals surface area contributed by atoms with Crippen LogP contribution in [0, 0.1) is 5.82 Å². The fourth-order valence-electron chi connectivity index (χ4n) is 3.83. The standard InChI is InChI=1S/C23H29FN6/c1-2-25-23(26-10-9-18-16-27-21-7-6-19(24)13-20(18)21)29-15-17-5-8-22(28-14-17)30-11-3-4-12-30/h5-8,13-14,16,27H,2-4,9-12,15H2,1H3,(H2,25,26,29). The Bertz CT molecular complexity index is 989. The van der Waals surface area contributed by atoms with Crippen LogP contribution in [0.4, 0.5) is 10.2 Å². The molecule has 6 nitrogen and oxygen atoms in total. The molecule has 0 aliphatic carbocycles.